The van der Waals surface area contributed by atoms with Gasteiger partial charge in [0.15, 0.2) is 0 Å². The maximum Gasteiger partial charge on any atom is 0.307 e. The van der Waals surface area contributed by atoms with Gasteiger partial charge in [0.05, 0.1) is 18.4 Å². The molecule has 1 aliphatic carbocycles. The molecule has 1 aromatic rings. The average Bonchev–Trinajstić information content (AvgIpc) is 2.95. The van der Waals surface area contributed by atoms with Gasteiger partial charge in [-0.2, -0.15) is 0 Å². The van der Waals surface area contributed by atoms with Crippen LogP contribution in [0.4, 0.5) is 0 Å². The molecular weight excluding hydrogens is 258 g/mol. The summed E-state index contributed by atoms with van der Waals surface area (Å²) in [5, 5.41) is 9.25. The second kappa shape index (κ2) is 5.64. The van der Waals surface area contributed by atoms with E-state index in [-0.39, 0.29) is 11.8 Å². The number of aliphatic carboxylic acids is 1. The third-order valence-electron chi connectivity index (χ3n) is 4.11. The number of amides is 1. The molecule has 1 saturated carbocycles. The van der Waals surface area contributed by atoms with E-state index in [1.807, 2.05) is 24.7 Å². The van der Waals surface area contributed by atoms with Crippen LogP contribution in [0, 0.1) is 17.8 Å². The summed E-state index contributed by atoms with van der Waals surface area (Å²) in [6, 6.07) is 0. The molecule has 1 heterocycles. The van der Waals surface area contributed by atoms with Gasteiger partial charge in [0, 0.05) is 26.5 Å². The van der Waals surface area contributed by atoms with Crippen LogP contribution in [0.2, 0.25) is 0 Å². The molecule has 6 nitrogen and oxygen atoms in total. The van der Waals surface area contributed by atoms with E-state index in [4.69, 9.17) is 0 Å². The molecule has 3 atom stereocenters. The molecule has 1 aromatic heterocycles. The Morgan fingerprint density at radius 3 is 2.65 bits per heavy atom. The van der Waals surface area contributed by atoms with E-state index in [1.165, 1.54) is 0 Å². The van der Waals surface area contributed by atoms with Crippen molar-refractivity contribution in [1.29, 1.82) is 0 Å². The lowest BCUT2D eigenvalue weighted by Crippen LogP contribution is -2.37. The topological polar surface area (TPSA) is 75.4 Å². The molecule has 1 N–H and O–H groups in total. The van der Waals surface area contributed by atoms with Crippen LogP contribution >= 0.6 is 0 Å². The number of nitrogens with zero attached hydrogens (tertiary/aromatic N) is 3. The van der Waals surface area contributed by atoms with Crippen molar-refractivity contribution >= 4 is 11.9 Å². The first-order chi connectivity index (χ1) is 9.40. The molecule has 2 rings (SSSR count). The zero-order valence-electron chi connectivity index (χ0n) is 12.1. The van der Waals surface area contributed by atoms with Crippen LogP contribution in [0.1, 0.15) is 25.6 Å². The fourth-order valence-corrected chi connectivity index (χ4v) is 2.96. The van der Waals surface area contributed by atoms with E-state index in [0.29, 0.717) is 19.4 Å². The van der Waals surface area contributed by atoms with E-state index >= 15 is 0 Å². The molecule has 0 saturated heterocycles. The second-order valence-corrected chi connectivity index (χ2v) is 5.78. The zero-order valence-corrected chi connectivity index (χ0v) is 12.1. The Kier molecular flexibility index (Phi) is 4.11. The molecule has 110 valence electrons. The van der Waals surface area contributed by atoms with Gasteiger partial charge in [-0.1, -0.05) is 6.92 Å². The highest BCUT2D eigenvalue weighted by molar-refractivity contribution is 5.85. The van der Waals surface area contributed by atoms with Gasteiger partial charge in [-0.25, -0.2) is 4.98 Å². The summed E-state index contributed by atoms with van der Waals surface area (Å²) in [7, 11) is 3.58. The number of carbonyl (C=O) groups is 2. The van der Waals surface area contributed by atoms with Crippen LogP contribution in [0.25, 0.3) is 0 Å². The highest BCUT2D eigenvalue weighted by Crippen LogP contribution is 2.37. The highest BCUT2D eigenvalue weighted by atomic mass is 16.4. The monoisotopic (exact) mass is 279 g/mol. The van der Waals surface area contributed by atoms with Gasteiger partial charge in [-0.15, -0.1) is 0 Å². The maximum atomic E-state index is 12.5. The Bertz CT molecular complexity index is 512. The Hall–Kier alpha value is -1.85. The minimum absolute atomic E-state index is 0.0928. The molecule has 1 amide bonds. The summed E-state index contributed by atoms with van der Waals surface area (Å²) in [5.74, 6) is -0.845. The number of hydrogen-bond donors (Lipinski definition) is 1. The lowest BCUT2D eigenvalue weighted by molar-refractivity contribution is -0.148. The van der Waals surface area contributed by atoms with Crippen LogP contribution < -0.4 is 0 Å². The average molecular weight is 279 g/mol. The van der Waals surface area contributed by atoms with Crippen molar-refractivity contribution in [1.82, 2.24) is 14.5 Å². The summed E-state index contributed by atoms with van der Waals surface area (Å²) in [4.78, 5) is 29.5. The van der Waals surface area contributed by atoms with Gasteiger partial charge in [0.1, 0.15) is 5.82 Å². The molecule has 0 aromatic carbocycles. The van der Waals surface area contributed by atoms with E-state index in [9.17, 15) is 14.7 Å². The largest absolute Gasteiger partial charge is 0.481 e. The predicted molar refractivity (Wildman–Crippen MR) is 72.7 cm³/mol. The molecule has 6 heteroatoms. The van der Waals surface area contributed by atoms with Crippen LogP contribution in [0.3, 0.4) is 0 Å². The third kappa shape index (κ3) is 2.84. The van der Waals surface area contributed by atoms with Crippen molar-refractivity contribution in [2.45, 2.75) is 26.3 Å². The summed E-state index contributed by atoms with van der Waals surface area (Å²) in [6.07, 6.45) is 4.75. The normalized spacial score (nSPS) is 25.6. The second-order valence-electron chi connectivity index (χ2n) is 5.78. The number of imidazole rings is 1. The smallest absolute Gasteiger partial charge is 0.307 e. The van der Waals surface area contributed by atoms with Crippen molar-refractivity contribution in [3.8, 4) is 0 Å². The molecule has 1 aliphatic rings. The first-order valence-corrected chi connectivity index (χ1v) is 6.84. The van der Waals surface area contributed by atoms with Gasteiger partial charge in [-0.05, 0) is 18.8 Å². The van der Waals surface area contributed by atoms with E-state index in [1.54, 1.807) is 18.1 Å². The van der Waals surface area contributed by atoms with Crippen LogP contribution in [0.5, 0.6) is 0 Å². The van der Waals surface area contributed by atoms with Crippen LogP contribution in [-0.2, 0) is 23.2 Å². The van der Waals surface area contributed by atoms with Gasteiger partial charge in [-0.3, -0.25) is 9.59 Å². The quantitative estimate of drug-likeness (QED) is 0.896. The summed E-state index contributed by atoms with van der Waals surface area (Å²) in [5.41, 5.74) is 0. The van der Waals surface area contributed by atoms with E-state index < -0.39 is 17.8 Å². The van der Waals surface area contributed by atoms with Crippen molar-refractivity contribution in [2.75, 3.05) is 7.05 Å². The first-order valence-electron chi connectivity index (χ1n) is 6.84. The zero-order chi connectivity index (χ0) is 14.9. The lowest BCUT2D eigenvalue weighted by Gasteiger charge is -2.23. The van der Waals surface area contributed by atoms with Crippen molar-refractivity contribution in [3.05, 3.63) is 18.2 Å². The first kappa shape index (κ1) is 14.6. The number of aryl methyl sites for hydroxylation is 1. The Labute approximate surface area is 118 Å². The van der Waals surface area contributed by atoms with Gasteiger partial charge >= 0.3 is 5.97 Å². The van der Waals surface area contributed by atoms with Gasteiger partial charge in [0.2, 0.25) is 5.91 Å². The minimum Gasteiger partial charge on any atom is -0.481 e. The number of carboxylic acid groups (broad SMARTS) is 1. The van der Waals surface area contributed by atoms with E-state index in [2.05, 4.69) is 4.98 Å². The molecule has 0 radical (unpaired) electrons. The Morgan fingerprint density at radius 2 is 2.10 bits per heavy atom. The Balaban J connectivity index is 2.06. The van der Waals surface area contributed by atoms with Crippen LogP contribution in [-0.4, -0.2) is 38.5 Å². The van der Waals surface area contributed by atoms with Crippen molar-refractivity contribution < 1.29 is 14.7 Å². The lowest BCUT2D eigenvalue weighted by atomic mass is 9.95. The summed E-state index contributed by atoms with van der Waals surface area (Å²) >= 11 is 0. The van der Waals surface area contributed by atoms with Crippen LogP contribution in [0.15, 0.2) is 12.4 Å². The number of carbonyl (C=O) groups excluding carboxylic acids is 1. The molecule has 20 heavy (non-hydrogen) atoms. The number of carboxylic acids is 1. The van der Waals surface area contributed by atoms with E-state index in [0.717, 1.165) is 5.82 Å². The highest BCUT2D eigenvalue weighted by Gasteiger charge is 2.42. The number of rotatable bonds is 4. The van der Waals surface area contributed by atoms with Gasteiger partial charge < -0.3 is 14.6 Å². The van der Waals surface area contributed by atoms with Crippen molar-refractivity contribution in [2.24, 2.45) is 24.8 Å². The number of hydrogen-bond acceptors (Lipinski definition) is 3. The molecule has 0 spiro atoms. The van der Waals surface area contributed by atoms with Crippen molar-refractivity contribution in [3.63, 3.8) is 0 Å². The molecular formula is C14H21N3O3. The SMILES string of the molecule is CC1CC(C(=O)O)C(C(=O)N(C)Cc2nccn2C)C1. The molecule has 1 fully saturated rings. The van der Waals surface area contributed by atoms with Gasteiger partial charge in [0.25, 0.3) is 0 Å². The fraction of sp³-hybridized carbons (Fsp3) is 0.643. The molecule has 0 bridgehead atoms. The number of aromatic nitrogens is 2. The standard InChI is InChI=1S/C14H21N3O3/c1-9-6-10(11(7-9)14(19)20)13(18)17(3)8-12-15-4-5-16(12)2/h4-5,9-11H,6-8H2,1-3H3,(H,19,20). The fourth-order valence-electron chi connectivity index (χ4n) is 2.96. The third-order valence-corrected chi connectivity index (χ3v) is 4.11. The minimum atomic E-state index is -0.863. The summed E-state index contributed by atoms with van der Waals surface area (Å²) < 4.78 is 1.86. The summed E-state index contributed by atoms with van der Waals surface area (Å²) in [6.45, 7) is 2.40. The Morgan fingerprint density at radius 1 is 1.45 bits per heavy atom. The molecule has 0 aliphatic heterocycles. The molecule has 3 unspecified atom stereocenters. The maximum absolute atomic E-state index is 12.5. The predicted octanol–water partition coefficient (Wildman–Crippen LogP) is 1.13.